The van der Waals surface area contributed by atoms with Gasteiger partial charge in [0.1, 0.15) is 11.8 Å². The molecule has 0 spiro atoms. The molecule has 0 amide bonds. The lowest BCUT2D eigenvalue weighted by atomic mass is 9.88. The maximum absolute atomic E-state index is 13.3. The van der Waals surface area contributed by atoms with Gasteiger partial charge in [0.05, 0.1) is 25.4 Å². The molecule has 208 valence electrons. The van der Waals surface area contributed by atoms with Crippen LogP contribution in [0.3, 0.4) is 0 Å². The van der Waals surface area contributed by atoms with Crippen LogP contribution in [0.1, 0.15) is 61.4 Å². The molecule has 0 saturated carbocycles. The van der Waals surface area contributed by atoms with Gasteiger partial charge in [-0.15, -0.1) is 0 Å². The van der Waals surface area contributed by atoms with E-state index >= 15 is 0 Å². The molecule has 2 heterocycles. The molecular weight excluding hydrogens is 502 g/mol. The van der Waals surface area contributed by atoms with Crippen molar-refractivity contribution in [3.05, 3.63) is 118 Å². The summed E-state index contributed by atoms with van der Waals surface area (Å²) in [5.41, 5.74) is 4.05. The zero-order chi connectivity index (χ0) is 28.1. The number of carbonyl (C=O) groups excluding carboxylic acids is 1. The molecule has 1 unspecified atom stereocenters. The first-order valence-corrected chi connectivity index (χ1v) is 14.0. The van der Waals surface area contributed by atoms with Crippen LogP contribution in [-0.4, -0.2) is 46.8 Å². The Morgan fingerprint density at radius 3 is 2.20 bits per heavy atom. The van der Waals surface area contributed by atoms with Crippen LogP contribution in [0.25, 0.3) is 5.69 Å². The molecule has 40 heavy (non-hydrogen) atoms. The van der Waals surface area contributed by atoms with Crippen molar-refractivity contribution in [1.82, 2.24) is 14.0 Å². The lowest BCUT2D eigenvalue weighted by Crippen LogP contribution is -2.40. The molecule has 7 nitrogen and oxygen atoms in total. The van der Waals surface area contributed by atoms with Gasteiger partial charge in [0, 0.05) is 12.4 Å². The molecular formula is C33H37N3O4. The van der Waals surface area contributed by atoms with E-state index in [-0.39, 0.29) is 23.7 Å². The number of esters is 1. The lowest BCUT2D eigenvalue weighted by molar-refractivity contribution is -0.150. The van der Waals surface area contributed by atoms with Crippen molar-refractivity contribution in [3.8, 4) is 11.4 Å². The van der Waals surface area contributed by atoms with Crippen molar-refractivity contribution < 1.29 is 14.3 Å². The summed E-state index contributed by atoms with van der Waals surface area (Å²) in [6, 6.07) is 25.5. The van der Waals surface area contributed by atoms with Crippen molar-refractivity contribution in [2.75, 3.05) is 26.8 Å². The number of rotatable bonds is 9. The van der Waals surface area contributed by atoms with Gasteiger partial charge >= 0.3 is 11.7 Å². The van der Waals surface area contributed by atoms with Crippen molar-refractivity contribution in [1.29, 1.82) is 0 Å². The zero-order valence-corrected chi connectivity index (χ0v) is 23.4. The van der Waals surface area contributed by atoms with E-state index in [0.717, 1.165) is 48.5 Å². The van der Waals surface area contributed by atoms with E-state index in [1.807, 2.05) is 93.0 Å². The highest BCUT2D eigenvalue weighted by Crippen LogP contribution is 2.33. The summed E-state index contributed by atoms with van der Waals surface area (Å²) in [6.07, 6.45) is 5.58. The predicted octanol–water partition coefficient (Wildman–Crippen LogP) is 5.74. The first-order valence-electron chi connectivity index (χ1n) is 14.0. The van der Waals surface area contributed by atoms with E-state index in [4.69, 9.17) is 9.47 Å². The molecule has 0 aliphatic carbocycles. The Hall–Kier alpha value is -4.10. The fraction of sp³-hybridized carbons (Fsp3) is 0.333. The quantitative estimate of drug-likeness (QED) is 0.254. The molecule has 1 aromatic heterocycles. The van der Waals surface area contributed by atoms with Crippen LogP contribution in [0.4, 0.5) is 0 Å². The number of likely N-dealkylation sites (tertiary alicyclic amines) is 1. The fourth-order valence-corrected chi connectivity index (χ4v) is 5.68. The first kappa shape index (κ1) is 27.5. The van der Waals surface area contributed by atoms with Crippen LogP contribution in [0, 0.1) is 0 Å². The molecule has 0 N–H and O–H groups in total. The van der Waals surface area contributed by atoms with Gasteiger partial charge in [-0.25, -0.2) is 9.59 Å². The third kappa shape index (κ3) is 5.75. The number of ether oxygens (including phenoxy) is 2. The minimum atomic E-state index is -0.374. The first-order chi connectivity index (χ1) is 19.5. The smallest absolute Gasteiger partial charge is 0.333 e. The number of piperidine rings is 1. The van der Waals surface area contributed by atoms with Gasteiger partial charge < -0.3 is 9.47 Å². The van der Waals surface area contributed by atoms with Gasteiger partial charge in [-0.05, 0) is 86.7 Å². The lowest BCUT2D eigenvalue weighted by Gasteiger charge is -2.36. The van der Waals surface area contributed by atoms with Crippen LogP contribution in [0.5, 0.6) is 5.75 Å². The summed E-state index contributed by atoms with van der Waals surface area (Å²) in [4.78, 5) is 28.4. The van der Waals surface area contributed by atoms with Crippen molar-refractivity contribution in [3.63, 3.8) is 0 Å². The van der Waals surface area contributed by atoms with Crippen molar-refractivity contribution >= 4 is 5.97 Å². The maximum atomic E-state index is 13.3. The van der Waals surface area contributed by atoms with Crippen molar-refractivity contribution in [2.24, 2.45) is 0 Å². The van der Waals surface area contributed by atoms with E-state index in [1.54, 1.807) is 16.2 Å². The Kier molecular flexibility index (Phi) is 8.51. The van der Waals surface area contributed by atoms with Gasteiger partial charge in [-0.2, -0.15) is 0 Å². The average Bonchev–Trinajstić information content (AvgIpc) is 3.39. The van der Waals surface area contributed by atoms with Crippen molar-refractivity contribution in [2.45, 2.75) is 44.7 Å². The third-order valence-electron chi connectivity index (χ3n) is 7.98. The molecule has 1 aliphatic heterocycles. The highest BCUT2D eigenvalue weighted by molar-refractivity contribution is 5.77. The van der Waals surface area contributed by atoms with E-state index in [2.05, 4.69) is 17.0 Å². The Balaban J connectivity index is 1.26. The molecule has 1 saturated heterocycles. The summed E-state index contributed by atoms with van der Waals surface area (Å²) in [7, 11) is 1.64. The fourth-order valence-electron chi connectivity index (χ4n) is 5.68. The van der Waals surface area contributed by atoms with Gasteiger partial charge in [0.25, 0.3) is 0 Å². The number of imidazole rings is 1. The van der Waals surface area contributed by atoms with E-state index in [9.17, 15) is 9.59 Å². The second-order valence-corrected chi connectivity index (χ2v) is 10.3. The number of hydrogen-bond donors (Lipinski definition) is 0. The Labute approximate surface area is 235 Å². The van der Waals surface area contributed by atoms with Gasteiger partial charge in [0.2, 0.25) is 0 Å². The molecule has 5 rings (SSSR count). The number of hydrogen-bond acceptors (Lipinski definition) is 5. The van der Waals surface area contributed by atoms with Gasteiger partial charge in [0.15, 0.2) is 0 Å². The second kappa shape index (κ2) is 12.4. The SMILES string of the molecule is CCOC(=O)C(c1ccccc1)N1CCC(c2ccc(-n3ccn([C@@H](C)c4ccc(OC)cc4)c3=O)cc2)CC1. The number of aromatic nitrogens is 2. The van der Waals surface area contributed by atoms with Gasteiger partial charge in [-0.1, -0.05) is 54.6 Å². The normalized spacial score (nSPS) is 15.9. The van der Waals surface area contributed by atoms with Crippen LogP contribution in [-0.2, 0) is 9.53 Å². The van der Waals surface area contributed by atoms with E-state index in [0.29, 0.717) is 12.5 Å². The number of benzene rings is 3. The topological polar surface area (TPSA) is 65.7 Å². The largest absolute Gasteiger partial charge is 0.497 e. The Morgan fingerprint density at radius 1 is 0.900 bits per heavy atom. The number of nitrogens with zero attached hydrogens (tertiary/aromatic N) is 3. The molecule has 0 radical (unpaired) electrons. The summed E-state index contributed by atoms with van der Waals surface area (Å²) < 4.78 is 14.1. The molecule has 1 aliphatic rings. The minimum Gasteiger partial charge on any atom is -0.497 e. The maximum Gasteiger partial charge on any atom is 0.333 e. The summed E-state index contributed by atoms with van der Waals surface area (Å²) in [5.74, 6) is 1.01. The summed E-state index contributed by atoms with van der Waals surface area (Å²) in [6.45, 7) is 5.87. The molecule has 2 atom stereocenters. The standard InChI is InChI=1S/C33H37N3O4/c1-4-40-32(37)31(28-8-6-5-7-9-28)34-20-18-27(19-21-34)26-10-14-29(15-11-26)36-23-22-35(33(36)38)24(2)25-12-16-30(39-3)17-13-25/h5-17,22-24,27,31H,4,18-21H2,1-3H3/t24-,31?/m0/s1. The van der Waals surface area contributed by atoms with E-state index in [1.165, 1.54) is 5.56 Å². The van der Waals surface area contributed by atoms with Crippen LogP contribution >= 0.6 is 0 Å². The Bertz CT molecular complexity index is 1450. The second-order valence-electron chi connectivity index (χ2n) is 10.3. The average molecular weight is 540 g/mol. The summed E-state index contributed by atoms with van der Waals surface area (Å²) in [5, 5.41) is 0. The van der Waals surface area contributed by atoms with Crippen LogP contribution in [0.2, 0.25) is 0 Å². The number of methoxy groups -OCH3 is 1. The monoisotopic (exact) mass is 539 g/mol. The molecule has 0 bridgehead atoms. The highest BCUT2D eigenvalue weighted by Gasteiger charge is 2.32. The predicted molar refractivity (Wildman–Crippen MR) is 156 cm³/mol. The third-order valence-corrected chi connectivity index (χ3v) is 7.98. The highest BCUT2D eigenvalue weighted by atomic mass is 16.5. The number of carbonyl (C=O) groups is 1. The molecule has 3 aromatic carbocycles. The Morgan fingerprint density at radius 2 is 1.57 bits per heavy atom. The van der Waals surface area contributed by atoms with Crippen LogP contribution in [0.15, 0.2) is 96.1 Å². The van der Waals surface area contributed by atoms with Gasteiger partial charge in [-0.3, -0.25) is 14.0 Å². The minimum absolute atomic E-state index is 0.0738. The molecule has 7 heteroatoms. The van der Waals surface area contributed by atoms with E-state index < -0.39 is 0 Å². The zero-order valence-electron chi connectivity index (χ0n) is 23.4. The molecule has 1 fully saturated rings. The summed E-state index contributed by atoms with van der Waals surface area (Å²) >= 11 is 0. The van der Waals surface area contributed by atoms with Crippen LogP contribution < -0.4 is 10.4 Å². The molecule has 4 aromatic rings.